The lowest BCUT2D eigenvalue weighted by molar-refractivity contribution is -0.130. The third-order valence-electron chi connectivity index (χ3n) is 3.78. The molecular weight excluding hydrogens is 274 g/mol. The number of carbonyl (C=O) groups is 1. The van der Waals surface area contributed by atoms with Gasteiger partial charge in [-0.3, -0.25) is 9.59 Å². The Bertz CT molecular complexity index is 583. The van der Waals surface area contributed by atoms with Crippen LogP contribution in [0.15, 0.2) is 16.0 Å². The number of rotatable bonds is 5. The molecule has 0 aliphatic carbocycles. The van der Waals surface area contributed by atoms with Crippen molar-refractivity contribution in [2.45, 2.75) is 25.3 Å². The smallest absolute Gasteiger partial charge is 0.293 e. The van der Waals surface area contributed by atoms with Crippen LogP contribution < -0.4 is 5.56 Å². The highest BCUT2D eigenvalue weighted by Gasteiger charge is 2.27. The van der Waals surface area contributed by atoms with E-state index in [1.54, 1.807) is 0 Å². The Labute approximate surface area is 122 Å². The van der Waals surface area contributed by atoms with Gasteiger partial charge in [0, 0.05) is 32.0 Å². The van der Waals surface area contributed by atoms with Crippen LogP contribution in [0.5, 0.6) is 0 Å². The number of likely N-dealkylation sites (tertiary alicyclic amines) is 1. The van der Waals surface area contributed by atoms with Gasteiger partial charge in [-0.1, -0.05) is 0 Å². The van der Waals surface area contributed by atoms with Gasteiger partial charge in [0.05, 0.1) is 5.69 Å². The minimum absolute atomic E-state index is 0.0629. The van der Waals surface area contributed by atoms with Gasteiger partial charge in [0.1, 0.15) is 0 Å². The first kappa shape index (κ1) is 15.3. The summed E-state index contributed by atoms with van der Waals surface area (Å²) in [4.78, 5) is 37.7. The number of nitrogens with zero attached hydrogens (tertiary/aromatic N) is 4. The van der Waals surface area contributed by atoms with Crippen molar-refractivity contribution in [3.05, 3.63) is 27.0 Å². The van der Waals surface area contributed by atoms with Gasteiger partial charge in [0.2, 0.25) is 5.91 Å². The van der Waals surface area contributed by atoms with Crippen molar-refractivity contribution in [3.63, 3.8) is 0 Å². The lowest BCUT2D eigenvalue weighted by atomic mass is 10.2. The van der Waals surface area contributed by atoms with E-state index in [-0.39, 0.29) is 11.6 Å². The predicted octanol–water partition coefficient (Wildman–Crippen LogP) is 0.263. The Kier molecular flexibility index (Phi) is 4.79. The molecule has 0 aromatic carbocycles. The number of H-pyrrole nitrogens is 1. The van der Waals surface area contributed by atoms with E-state index in [4.69, 9.17) is 0 Å². The van der Waals surface area contributed by atoms with Crippen molar-refractivity contribution in [2.24, 2.45) is 5.18 Å². The second kappa shape index (κ2) is 6.57. The molecule has 1 N–H and O–H groups in total. The van der Waals surface area contributed by atoms with E-state index in [9.17, 15) is 14.5 Å². The van der Waals surface area contributed by atoms with Gasteiger partial charge in [0.15, 0.2) is 5.69 Å². The average Bonchev–Trinajstić information content (AvgIpc) is 2.96. The minimum atomic E-state index is -0.617. The zero-order valence-corrected chi connectivity index (χ0v) is 12.2. The van der Waals surface area contributed by atoms with Gasteiger partial charge in [-0.25, -0.2) is 5.10 Å². The van der Waals surface area contributed by atoms with Crippen LogP contribution in [0.1, 0.15) is 18.5 Å². The summed E-state index contributed by atoms with van der Waals surface area (Å²) in [5.74, 6) is 0.0629. The second-order valence-electron chi connectivity index (χ2n) is 5.41. The van der Waals surface area contributed by atoms with Crippen LogP contribution in [0.4, 0.5) is 5.69 Å². The topological polar surface area (TPSA) is 98.7 Å². The van der Waals surface area contributed by atoms with Crippen molar-refractivity contribution in [3.8, 4) is 0 Å². The zero-order chi connectivity index (χ0) is 15.4. The molecule has 1 aliphatic rings. The Morgan fingerprint density at radius 3 is 2.95 bits per heavy atom. The van der Waals surface area contributed by atoms with Gasteiger partial charge in [-0.05, 0) is 31.8 Å². The summed E-state index contributed by atoms with van der Waals surface area (Å²) in [5, 5.41) is 8.65. The van der Waals surface area contributed by atoms with Crippen molar-refractivity contribution in [2.75, 3.05) is 27.2 Å². The van der Waals surface area contributed by atoms with Crippen LogP contribution in [0.25, 0.3) is 0 Å². The molecule has 0 saturated carbocycles. The minimum Gasteiger partial charge on any atom is -0.341 e. The number of likely N-dealkylation sites (N-methyl/N-ethyl adjacent to an activating group) is 1. The summed E-state index contributed by atoms with van der Waals surface area (Å²) in [7, 11) is 4.02. The first-order valence-corrected chi connectivity index (χ1v) is 6.87. The largest absolute Gasteiger partial charge is 0.341 e. The van der Waals surface area contributed by atoms with Gasteiger partial charge < -0.3 is 9.80 Å². The number of nitroso groups, excluding NO2 is 1. The third-order valence-corrected chi connectivity index (χ3v) is 3.78. The van der Waals surface area contributed by atoms with Crippen LogP contribution >= 0.6 is 0 Å². The molecule has 0 bridgehead atoms. The van der Waals surface area contributed by atoms with Crippen molar-refractivity contribution in [1.29, 1.82) is 0 Å². The first-order chi connectivity index (χ1) is 10.0. The molecule has 1 aromatic heterocycles. The SMILES string of the molecule is CN(C)C1CCN(C(=O)CCc2cc(N=O)c(=O)[nH]n2)C1. The molecule has 1 aromatic rings. The lowest BCUT2D eigenvalue weighted by Gasteiger charge is -2.20. The summed E-state index contributed by atoms with van der Waals surface area (Å²) in [6.45, 7) is 1.51. The van der Waals surface area contributed by atoms with Crippen molar-refractivity contribution < 1.29 is 4.79 Å². The van der Waals surface area contributed by atoms with Crippen LogP contribution in [-0.2, 0) is 11.2 Å². The fourth-order valence-corrected chi connectivity index (χ4v) is 2.41. The number of hydrogen-bond donors (Lipinski definition) is 1. The normalized spacial score (nSPS) is 18.2. The Hall–Kier alpha value is -2.09. The van der Waals surface area contributed by atoms with E-state index in [0.717, 1.165) is 19.5 Å². The van der Waals surface area contributed by atoms with Gasteiger partial charge in [0.25, 0.3) is 5.56 Å². The number of nitrogens with one attached hydrogen (secondary N) is 1. The molecule has 21 heavy (non-hydrogen) atoms. The maximum Gasteiger partial charge on any atom is 0.293 e. The molecule has 0 spiro atoms. The van der Waals surface area contributed by atoms with E-state index >= 15 is 0 Å². The third kappa shape index (κ3) is 3.72. The van der Waals surface area contributed by atoms with Gasteiger partial charge in [-0.2, -0.15) is 5.10 Å². The maximum atomic E-state index is 12.1. The Morgan fingerprint density at radius 1 is 1.57 bits per heavy atom. The Balaban J connectivity index is 1.90. The van der Waals surface area contributed by atoms with Crippen LogP contribution in [0.2, 0.25) is 0 Å². The molecule has 2 rings (SSSR count). The summed E-state index contributed by atoms with van der Waals surface area (Å²) in [6.07, 6.45) is 1.66. The number of aromatic nitrogens is 2. The highest BCUT2D eigenvalue weighted by atomic mass is 16.3. The standard InChI is InChI=1S/C13H19N5O3/c1-17(2)10-5-6-18(8-10)12(19)4-3-9-7-11(16-21)13(20)15-14-9/h7,10H,3-6,8H2,1-2H3,(H,15,20). The molecule has 1 fully saturated rings. The molecule has 8 heteroatoms. The predicted molar refractivity (Wildman–Crippen MR) is 77.3 cm³/mol. The van der Waals surface area contributed by atoms with Gasteiger partial charge >= 0.3 is 0 Å². The first-order valence-electron chi connectivity index (χ1n) is 6.87. The van der Waals surface area contributed by atoms with Crippen molar-refractivity contribution in [1.82, 2.24) is 20.0 Å². The average molecular weight is 293 g/mol. The van der Waals surface area contributed by atoms with Crippen LogP contribution in [0, 0.1) is 4.91 Å². The highest BCUT2D eigenvalue weighted by Crippen LogP contribution is 2.15. The second-order valence-corrected chi connectivity index (χ2v) is 5.41. The fraction of sp³-hybridized carbons (Fsp3) is 0.615. The summed E-state index contributed by atoms with van der Waals surface area (Å²) in [5.41, 5.74) is -0.337. The zero-order valence-electron chi connectivity index (χ0n) is 12.2. The molecule has 1 atom stereocenters. The van der Waals surface area contributed by atoms with Gasteiger partial charge in [-0.15, -0.1) is 4.91 Å². The molecule has 1 unspecified atom stereocenters. The fourth-order valence-electron chi connectivity index (χ4n) is 2.41. The number of carbonyl (C=O) groups excluding carboxylic acids is 1. The molecule has 1 saturated heterocycles. The van der Waals surface area contributed by atoms with E-state index in [1.165, 1.54) is 6.07 Å². The van der Waals surface area contributed by atoms with E-state index < -0.39 is 5.56 Å². The number of amides is 1. The Morgan fingerprint density at radius 2 is 2.33 bits per heavy atom. The highest BCUT2D eigenvalue weighted by molar-refractivity contribution is 5.76. The molecule has 1 amide bonds. The summed E-state index contributed by atoms with van der Waals surface area (Å²) >= 11 is 0. The molecular formula is C13H19N5O3. The molecule has 2 heterocycles. The number of aromatic amines is 1. The van der Waals surface area contributed by atoms with Crippen LogP contribution in [-0.4, -0.2) is 59.1 Å². The summed E-state index contributed by atoms with van der Waals surface area (Å²) < 4.78 is 0. The van der Waals surface area contributed by atoms with Crippen LogP contribution in [0.3, 0.4) is 0 Å². The summed E-state index contributed by atoms with van der Waals surface area (Å²) in [6, 6.07) is 1.73. The van der Waals surface area contributed by atoms with E-state index in [0.29, 0.717) is 24.6 Å². The quantitative estimate of drug-likeness (QED) is 0.785. The lowest BCUT2D eigenvalue weighted by Crippen LogP contribution is -2.34. The molecule has 1 aliphatic heterocycles. The van der Waals surface area contributed by atoms with E-state index in [2.05, 4.69) is 20.3 Å². The maximum absolute atomic E-state index is 12.1. The molecule has 0 radical (unpaired) electrons. The van der Waals surface area contributed by atoms with E-state index in [1.807, 2.05) is 19.0 Å². The molecule has 114 valence electrons. The number of aryl methyl sites for hydroxylation is 1. The number of hydrogen-bond acceptors (Lipinski definition) is 6. The van der Waals surface area contributed by atoms with Crippen molar-refractivity contribution >= 4 is 11.6 Å². The monoisotopic (exact) mass is 293 g/mol. The molecule has 8 nitrogen and oxygen atoms in total.